The van der Waals surface area contributed by atoms with Gasteiger partial charge in [0, 0.05) is 37.8 Å². The van der Waals surface area contributed by atoms with Crippen LogP contribution >= 0.6 is 0 Å². The summed E-state index contributed by atoms with van der Waals surface area (Å²) in [5, 5.41) is 0. The highest BCUT2D eigenvalue weighted by Crippen LogP contribution is 2.31. The number of alkyl halides is 5. The van der Waals surface area contributed by atoms with Crippen LogP contribution < -0.4 is 9.47 Å². The minimum absolute atomic E-state index is 0.0659. The lowest BCUT2D eigenvalue weighted by atomic mass is 10.1. The first-order valence-corrected chi connectivity index (χ1v) is 10.7. The van der Waals surface area contributed by atoms with Gasteiger partial charge in [-0.05, 0) is 48.9 Å². The number of rotatable bonds is 7. The second-order valence-electron chi connectivity index (χ2n) is 7.55. The van der Waals surface area contributed by atoms with Gasteiger partial charge in [0.25, 0.3) is 5.91 Å². The molecule has 0 aliphatic carbocycles. The average Bonchev–Trinajstić information content (AvgIpc) is 2.83. The highest BCUT2D eigenvalue weighted by molar-refractivity contribution is 5.95. The molecule has 0 atom stereocenters. The molecule has 0 saturated carbocycles. The molecule has 2 aromatic rings. The van der Waals surface area contributed by atoms with Crippen molar-refractivity contribution in [2.45, 2.75) is 19.7 Å². The predicted octanol–water partition coefficient (Wildman–Crippen LogP) is 4.70. The Balaban J connectivity index is 1.59. The monoisotopic (exact) mass is 498 g/mol. The van der Waals surface area contributed by atoms with E-state index in [-0.39, 0.29) is 55.8 Å². The zero-order valence-electron chi connectivity index (χ0n) is 18.7. The number of piperazine rings is 1. The van der Waals surface area contributed by atoms with E-state index in [1.54, 1.807) is 6.92 Å². The molecule has 11 heteroatoms. The second kappa shape index (κ2) is 11.2. The van der Waals surface area contributed by atoms with Crippen LogP contribution in [0.3, 0.4) is 0 Å². The molecule has 188 valence electrons. The lowest BCUT2D eigenvalue weighted by Crippen LogP contribution is -2.50. The molecule has 3 rings (SSSR count). The minimum atomic E-state index is -4.55. The van der Waals surface area contributed by atoms with Crippen molar-refractivity contribution in [3.8, 4) is 11.5 Å². The summed E-state index contributed by atoms with van der Waals surface area (Å²) in [5.41, 5.74) is -0.436. The lowest BCUT2D eigenvalue weighted by Gasteiger charge is -2.34. The fraction of sp³-hybridized carbons (Fsp3) is 0.333. The largest absolute Gasteiger partial charge is 0.490 e. The van der Waals surface area contributed by atoms with Crippen molar-refractivity contribution in [1.29, 1.82) is 0 Å². The van der Waals surface area contributed by atoms with E-state index in [1.807, 2.05) is 0 Å². The van der Waals surface area contributed by atoms with Crippen LogP contribution in [0.2, 0.25) is 0 Å². The third kappa shape index (κ3) is 6.93. The molecule has 35 heavy (non-hydrogen) atoms. The molecule has 2 aromatic carbocycles. The van der Waals surface area contributed by atoms with Gasteiger partial charge in [0.1, 0.15) is 0 Å². The number of amides is 2. The number of hydrogen-bond donors (Lipinski definition) is 0. The molecular weight excluding hydrogens is 475 g/mol. The maximum atomic E-state index is 12.9. The van der Waals surface area contributed by atoms with Gasteiger partial charge in [-0.15, -0.1) is 0 Å². The van der Waals surface area contributed by atoms with E-state index < -0.39 is 24.3 Å². The number of ether oxygens (including phenoxy) is 2. The topological polar surface area (TPSA) is 59.1 Å². The van der Waals surface area contributed by atoms with E-state index in [2.05, 4.69) is 4.74 Å². The van der Waals surface area contributed by atoms with Crippen LogP contribution in [0.1, 0.15) is 28.4 Å². The lowest BCUT2D eigenvalue weighted by molar-refractivity contribution is -0.137. The van der Waals surface area contributed by atoms with Gasteiger partial charge in [0.05, 0.1) is 12.2 Å². The average molecular weight is 498 g/mol. The quantitative estimate of drug-likeness (QED) is 0.410. The van der Waals surface area contributed by atoms with E-state index >= 15 is 0 Å². The van der Waals surface area contributed by atoms with Gasteiger partial charge in [-0.3, -0.25) is 9.59 Å². The van der Waals surface area contributed by atoms with Crippen LogP contribution in [-0.2, 0) is 11.0 Å². The fourth-order valence-corrected chi connectivity index (χ4v) is 3.50. The van der Waals surface area contributed by atoms with Crippen LogP contribution in [0.5, 0.6) is 11.5 Å². The Kier molecular flexibility index (Phi) is 8.31. The van der Waals surface area contributed by atoms with Gasteiger partial charge in [0.2, 0.25) is 5.91 Å². The summed E-state index contributed by atoms with van der Waals surface area (Å²) >= 11 is 0. The Morgan fingerprint density at radius 1 is 1.00 bits per heavy atom. The Bertz CT molecular complexity index is 1080. The van der Waals surface area contributed by atoms with E-state index in [0.717, 1.165) is 12.1 Å². The first-order chi connectivity index (χ1) is 16.6. The molecule has 0 aromatic heterocycles. The molecule has 1 aliphatic heterocycles. The number of halogens is 5. The molecule has 2 amide bonds. The number of nitrogens with zero attached hydrogens (tertiary/aromatic N) is 2. The molecule has 1 aliphatic rings. The highest BCUT2D eigenvalue weighted by Gasteiger charge is 2.32. The van der Waals surface area contributed by atoms with Crippen molar-refractivity contribution >= 4 is 17.9 Å². The van der Waals surface area contributed by atoms with Gasteiger partial charge in [0.15, 0.2) is 11.5 Å². The van der Waals surface area contributed by atoms with Crippen LogP contribution in [0.15, 0.2) is 48.5 Å². The second-order valence-corrected chi connectivity index (χ2v) is 7.55. The van der Waals surface area contributed by atoms with Crippen molar-refractivity contribution in [2.75, 3.05) is 32.8 Å². The van der Waals surface area contributed by atoms with E-state index in [1.165, 1.54) is 52.3 Å². The van der Waals surface area contributed by atoms with Gasteiger partial charge < -0.3 is 19.3 Å². The summed E-state index contributed by atoms with van der Waals surface area (Å²) in [6, 6.07) is 8.51. The van der Waals surface area contributed by atoms with Crippen molar-refractivity contribution < 1.29 is 41.0 Å². The van der Waals surface area contributed by atoms with Crippen LogP contribution in [-0.4, -0.2) is 61.0 Å². The molecule has 1 fully saturated rings. The summed E-state index contributed by atoms with van der Waals surface area (Å²) in [6.45, 7) is -0.328. The molecule has 1 heterocycles. The smallest absolute Gasteiger partial charge is 0.416 e. The van der Waals surface area contributed by atoms with Gasteiger partial charge in [-0.1, -0.05) is 12.1 Å². The Labute approximate surface area is 198 Å². The van der Waals surface area contributed by atoms with Crippen molar-refractivity contribution in [3.05, 3.63) is 65.2 Å². The molecular formula is C24H23F5N2O4. The zero-order chi connectivity index (χ0) is 25.6. The van der Waals surface area contributed by atoms with Crippen molar-refractivity contribution in [2.24, 2.45) is 0 Å². The van der Waals surface area contributed by atoms with Crippen LogP contribution in [0, 0.1) is 0 Å². The van der Waals surface area contributed by atoms with Gasteiger partial charge in [-0.2, -0.15) is 22.0 Å². The van der Waals surface area contributed by atoms with Gasteiger partial charge in [-0.25, -0.2) is 0 Å². The molecule has 0 bridgehead atoms. The van der Waals surface area contributed by atoms with Crippen LogP contribution in [0.25, 0.3) is 6.08 Å². The molecule has 0 radical (unpaired) electrons. The first kappa shape index (κ1) is 26.0. The molecule has 0 unspecified atom stereocenters. The maximum absolute atomic E-state index is 12.9. The Hall–Kier alpha value is -3.63. The summed E-state index contributed by atoms with van der Waals surface area (Å²) in [7, 11) is 0. The fourth-order valence-electron chi connectivity index (χ4n) is 3.50. The third-order valence-electron chi connectivity index (χ3n) is 5.22. The number of benzene rings is 2. The van der Waals surface area contributed by atoms with Gasteiger partial charge >= 0.3 is 12.8 Å². The summed E-state index contributed by atoms with van der Waals surface area (Å²) < 4.78 is 73.5. The number of carbonyl (C=O) groups is 2. The standard InChI is InChI=1S/C24H23F5N2O4/c1-2-34-20-14-16(6-8-19(20)35-23(25)26)7-9-21(32)30-10-12-31(13-11-30)22(33)17-4-3-5-18(15-17)24(27,28)29/h3-9,14-15,23H,2,10-13H2,1H3/b9-7+. The summed E-state index contributed by atoms with van der Waals surface area (Å²) in [5.74, 6) is -0.869. The first-order valence-electron chi connectivity index (χ1n) is 10.7. The predicted molar refractivity (Wildman–Crippen MR) is 117 cm³/mol. The molecule has 0 N–H and O–H groups in total. The van der Waals surface area contributed by atoms with E-state index in [0.29, 0.717) is 5.56 Å². The summed E-state index contributed by atoms with van der Waals surface area (Å²) in [4.78, 5) is 28.1. The number of carbonyl (C=O) groups excluding carboxylic acids is 2. The maximum Gasteiger partial charge on any atom is 0.416 e. The van der Waals surface area contributed by atoms with Crippen LogP contribution in [0.4, 0.5) is 22.0 Å². The zero-order valence-corrected chi connectivity index (χ0v) is 18.7. The normalized spacial score (nSPS) is 14.5. The van der Waals surface area contributed by atoms with E-state index in [4.69, 9.17) is 4.74 Å². The highest BCUT2D eigenvalue weighted by atomic mass is 19.4. The Morgan fingerprint density at radius 2 is 1.69 bits per heavy atom. The Morgan fingerprint density at radius 3 is 2.31 bits per heavy atom. The molecule has 0 spiro atoms. The number of hydrogen-bond acceptors (Lipinski definition) is 4. The summed E-state index contributed by atoms with van der Waals surface area (Å²) in [6.07, 6.45) is -1.74. The molecule has 6 nitrogen and oxygen atoms in total. The SMILES string of the molecule is CCOc1cc(/C=C/C(=O)N2CCN(C(=O)c3cccc(C(F)(F)F)c3)CC2)ccc1OC(F)F. The minimum Gasteiger partial charge on any atom is -0.490 e. The van der Waals surface area contributed by atoms with Crippen molar-refractivity contribution in [3.63, 3.8) is 0 Å². The molecule has 1 saturated heterocycles. The third-order valence-corrected chi connectivity index (χ3v) is 5.22. The van der Waals surface area contributed by atoms with Crippen molar-refractivity contribution in [1.82, 2.24) is 9.80 Å². The van der Waals surface area contributed by atoms with E-state index in [9.17, 15) is 31.5 Å².